The van der Waals surface area contributed by atoms with Crippen LogP contribution in [0, 0.1) is 6.92 Å². The largest absolute Gasteiger partial charge is 0.495 e. The smallest absolute Gasteiger partial charge is 0.224 e. The number of anilines is 3. The first-order chi connectivity index (χ1) is 10.0. The molecule has 0 bridgehead atoms. The lowest BCUT2D eigenvalue weighted by Crippen LogP contribution is -2.05. The molecule has 0 fully saturated rings. The third kappa shape index (κ3) is 3.68. The lowest BCUT2D eigenvalue weighted by atomic mass is 10.2. The lowest BCUT2D eigenvalue weighted by Gasteiger charge is -2.13. The van der Waals surface area contributed by atoms with Crippen molar-refractivity contribution in [1.82, 2.24) is 9.97 Å². The van der Waals surface area contributed by atoms with Crippen LogP contribution in [0.5, 0.6) is 5.75 Å². The zero-order valence-corrected chi connectivity index (χ0v) is 13.5. The summed E-state index contributed by atoms with van der Waals surface area (Å²) in [7, 11) is 1.55. The van der Waals surface area contributed by atoms with E-state index in [0.717, 1.165) is 12.1 Å². The average molecular weight is 327 g/mol. The molecule has 0 radical (unpaired) electrons. The van der Waals surface area contributed by atoms with Crippen molar-refractivity contribution >= 4 is 40.7 Å². The van der Waals surface area contributed by atoms with Crippen LogP contribution in [0.25, 0.3) is 0 Å². The minimum absolute atomic E-state index is 0.459. The Bertz CT molecular complexity index is 649. The Morgan fingerprint density at radius 2 is 2.00 bits per heavy atom. The van der Waals surface area contributed by atoms with Gasteiger partial charge in [-0.1, -0.05) is 23.2 Å². The number of hydrogen-bond donors (Lipinski definition) is 2. The van der Waals surface area contributed by atoms with Gasteiger partial charge in [-0.15, -0.1) is 0 Å². The molecule has 0 spiro atoms. The highest BCUT2D eigenvalue weighted by Gasteiger charge is 2.10. The maximum absolute atomic E-state index is 6.20. The van der Waals surface area contributed by atoms with Gasteiger partial charge in [0.15, 0.2) is 0 Å². The zero-order chi connectivity index (χ0) is 15.4. The van der Waals surface area contributed by atoms with E-state index in [4.69, 9.17) is 27.9 Å². The van der Waals surface area contributed by atoms with E-state index in [1.54, 1.807) is 25.4 Å². The van der Waals surface area contributed by atoms with E-state index >= 15 is 0 Å². The Hall–Kier alpha value is -1.72. The van der Waals surface area contributed by atoms with Gasteiger partial charge in [0.05, 0.1) is 22.8 Å². The number of rotatable bonds is 5. The van der Waals surface area contributed by atoms with Gasteiger partial charge in [0, 0.05) is 24.4 Å². The van der Waals surface area contributed by atoms with Gasteiger partial charge >= 0.3 is 0 Å². The summed E-state index contributed by atoms with van der Waals surface area (Å²) >= 11 is 12.2. The van der Waals surface area contributed by atoms with Crippen molar-refractivity contribution < 1.29 is 4.74 Å². The molecule has 112 valence electrons. The number of aromatic nitrogens is 2. The minimum Gasteiger partial charge on any atom is -0.495 e. The molecule has 2 aromatic rings. The fraction of sp³-hybridized carbons (Fsp3) is 0.286. The van der Waals surface area contributed by atoms with Crippen molar-refractivity contribution in [3.63, 3.8) is 0 Å². The van der Waals surface area contributed by atoms with Crippen LogP contribution in [0.3, 0.4) is 0 Å². The Morgan fingerprint density at radius 3 is 2.67 bits per heavy atom. The second kappa shape index (κ2) is 6.83. The molecule has 0 saturated carbocycles. The second-order valence-electron chi connectivity index (χ2n) is 4.35. The first-order valence-electron chi connectivity index (χ1n) is 6.42. The Morgan fingerprint density at radius 1 is 1.24 bits per heavy atom. The second-order valence-corrected chi connectivity index (χ2v) is 5.16. The molecule has 0 amide bonds. The van der Waals surface area contributed by atoms with Gasteiger partial charge in [-0.25, -0.2) is 4.98 Å². The minimum atomic E-state index is 0.459. The topological polar surface area (TPSA) is 59.1 Å². The number of benzene rings is 1. The summed E-state index contributed by atoms with van der Waals surface area (Å²) in [6, 6.07) is 3.37. The van der Waals surface area contributed by atoms with Gasteiger partial charge in [0.25, 0.3) is 0 Å². The van der Waals surface area contributed by atoms with E-state index in [1.807, 2.05) is 13.8 Å². The Kier molecular flexibility index (Phi) is 5.09. The van der Waals surface area contributed by atoms with Crippen LogP contribution in [-0.2, 0) is 0 Å². The molecule has 0 aliphatic rings. The maximum atomic E-state index is 6.20. The number of aryl methyl sites for hydroxylation is 1. The predicted octanol–water partition coefficient (Wildman–Crippen LogP) is 4.28. The molecule has 1 heterocycles. The van der Waals surface area contributed by atoms with Gasteiger partial charge in [0.1, 0.15) is 11.6 Å². The van der Waals surface area contributed by atoms with Gasteiger partial charge in [-0.05, 0) is 19.9 Å². The van der Waals surface area contributed by atoms with Crippen LogP contribution < -0.4 is 15.4 Å². The van der Waals surface area contributed by atoms with Gasteiger partial charge in [-0.2, -0.15) is 4.98 Å². The summed E-state index contributed by atoms with van der Waals surface area (Å²) in [6.07, 6.45) is 1.74. The monoisotopic (exact) mass is 326 g/mol. The van der Waals surface area contributed by atoms with E-state index in [9.17, 15) is 0 Å². The molecule has 2 N–H and O–H groups in total. The first kappa shape index (κ1) is 15.7. The Balaban J connectivity index is 2.35. The molecule has 0 aliphatic carbocycles. The molecule has 5 nitrogen and oxygen atoms in total. The van der Waals surface area contributed by atoms with Crippen LogP contribution in [0.4, 0.5) is 17.5 Å². The molecule has 2 rings (SSSR count). The summed E-state index contributed by atoms with van der Waals surface area (Å²) < 4.78 is 5.20. The van der Waals surface area contributed by atoms with Crippen LogP contribution >= 0.6 is 23.2 Å². The predicted molar refractivity (Wildman–Crippen MR) is 87.2 cm³/mol. The molecular formula is C14H16Cl2N4O. The summed E-state index contributed by atoms with van der Waals surface area (Å²) in [5.74, 6) is 1.78. The molecule has 1 aromatic heterocycles. The third-order valence-electron chi connectivity index (χ3n) is 2.80. The summed E-state index contributed by atoms with van der Waals surface area (Å²) in [5.41, 5.74) is 1.57. The van der Waals surface area contributed by atoms with Crippen LogP contribution in [0.15, 0.2) is 18.3 Å². The Labute approximate surface area is 133 Å². The molecule has 1 aromatic carbocycles. The number of ether oxygens (including phenoxy) is 1. The quantitative estimate of drug-likeness (QED) is 0.858. The fourth-order valence-electron chi connectivity index (χ4n) is 1.72. The van der Waals surface area contributed by atoms with Crippen molar-refractivity contribution in [1.29, 1.82) is 0 Å². The maximum Gasteiger partial charge on any atom is 0.224 e. The van der Waals surface area contributed by atoms with Crippen molar-refractivity contribution in [2.45, 2.75) is 13.8 Å². The number of nitrogens with one attached hydrogen (secondary N) is 2. The average Bonchev–Trinajstić information content (AvgIpc) is 2.45. The SMILES string of the molecule is CCNc1ncc(C)c(Nc2cc(OC)c(Cl)cc2Cl)n1. The summed E-state index contributed by atoms with van der Waals surface area (Å²) in [5, 5.41) is 7.19. The molecule has 0 atom stereocenters. The van der Waals surface area contributed by atoms with E-state index < -0.39 is 0 Å². The van der Waals surface area contributed by atoms with E-state index in [0.29, 0.717) is 33.2 Å². The number of methoxy groups -OCH3 is 1. The zero-order valence-electron chi connectivity index (χ0n) is 12.0. The van der Waals surface area contributed by atoms with E-state index in [-0.39, 0.29) is 0 Å². The summed E-state index contributed by atoms with van der Waals surface area (Å²) in [4.78, 5) is 8.61. The highest BCUT2D eigenvalue weighted by Crippen LogP contribution is 2.35. The molecular weight excluding hydrogens is 311 g/mol. The third-order valence-corrected chi connectivity index (χ3v) is 3.41. The van der Waals surface area contributed by atoms with Gasteiger partial charge in [-0.3, -0.25) is 0 Å². The van der Waals surface area contributed by atoms with Crippen molar-refractivity contribution in [3.8, 4) is 5.75 Å². The van der Waals surface area contributed by atoms with Crippen LogP contribution in [0.2, 0.25) is 10.0 Å². The first-order valence-corrected chi connectivity index (χ1v) is 7.18. The van der Waals surface area contributed by atoms with Gasteiger partial charge in [0.2, 0.25) is 5.95 Å². The summed E-state index contributed by atoms with van der Waals surface area (Å²) in [6.45, 7) is 4.65. The molecule has 21 heavy (non-hydrogen) atoms. The van der Waals surface area contributed by atoms with E-state index in [1.165, 1.54) is 0 Å². The molecule has 0 aliphatic heterocycles. The van der Waals surface area contributed by atoms with Crippen molar-refractivity contribution in [3.05, 3.63) is 33.9 Å². The molecule has 0 unspecified atom stereocenters. The van der Waals surface area contributed by atoms with E-state index in [2.05, 4.69) is 20.6 Å². The number of halogens is 2. The highest BCUT2D eigenvalue weighted by molar-refractivity contribution is 6.37. The fourth-order valence-corrected chi connectivity index (χ4v) is 2.23. The van der Waals surface area contributed by atoms with Gasteiger partial charge < -0.3 is 15.4 Å². The lowest BCUT2D eigenvalue weighted by molar-refractivity contribution is 0.415. The number of hydrogen-bond acceptors (Lipinski definition) is 5. The van der Waals surface area contributed by atoms with Crippen molar-refractivity contribution in [2.24, 2.45) is 0 Å². The molecule has 0 saturated heterocycles. The van der Waals surface area contributed by atoms with Crippen LogP contribution in [-0.4, -0.2) is 23.6 Å². The normalized spacial score (nSPS) is 10.3. The molecule has 7 heteroatoms. The number of nitrogens with zero attached hydrogens (tertiary/aromatic N) is 2. The standard InChI is InChI=1S/C14H16Cl2N4O/c1-4-17-14-18-7-8(2)13(20-14)19-11-6-12(21-3)10(16)5-9(11)15/h5-7H,4H2,1-3H3,(H2,17,18,19,20). The highest BCUT2D eigenvalue weighted by atomic mass is 35.5. The van der Waals surface area contributed by atoms with Crippen LogP contribution in [0.1, 0.15) is 12.5 Å². The van der Waals surface area contributed by atoms with Crippen molar-refractivity contribution in [2.75, 3.05) is 24.3 Å².